The first-order valence-corrected chi connectivity index (χ1v) is 6.99. The molecule has 0 unspecified atom stereocenters. The largest absolute Gasteiger partial charge is 0.384 e. The number of primary sulfonamides is 1. The van der Waals surface area contributed by atoms with Crippen LogP contribution >= 0.6 is 0 Å². The monoisotopic (exact) mass is 250 g/mol. The summed E-state index contributed by atoms with van der Waals surface area (Å²) in [6.07, 6.45) is 0. The Labute approximate surface area is 100 Å². The summed E-state index contributed by atoms with van der Waals surface area (Å²) in [6, 6.07) is 13.9. The Morgan fingerprint density at radius 2 is 1.76 bits per heavy atom. The molecule has 2 aromatic rings. The molecule has 2 rings (SSSR count). The van der Waals surface area contributed by atoms with Crippen molar-refractivity contribution in [3.05, 3.63) is 42.5 Å². The number of anilines is 1. The van der Waals surface area contributed by atoms with Crippen molar-refractivity contribution in [2.24, 2.45) is 5.14 Å². The topological polar surface area (TPSA) is 72.2 Å². The molecule has 4 nitrogen and oxygen atoms in total. The standard InChI is InChI=1S/C12H14N2O2S/c13-17(15,16)8-7-14-12-6-5-10-3-1-2-4-11(10)9-12/h1-6,9,14H,7-8H2,(H2,13,15,16). The fourth-order valence-corrected chi connectivity index (χ4v) is 2.02. The Bertz CT molecular complexity index is 623. The van der Waals surface area contributed by atoms with E-state index in [0.717, 1.165) is 16.5 Å². The van der Waals surface area contributed by atoms with Crippen LogP contribution in [0.1, 0.15) is 0 Å². The molecule has 5 heteroatoms. The van der Waals surface area contributed by atoms with Gasteiger partial charge in [0.05, 0.1) is 5.75 Å². The third-order valence-electron chi connectivity index (χ3n) is 2.47. The molecule has 90 valence electrons. The van der Waals surface area contributed by atoms with Crippen LogP contribution in [-0.2, 0) is 10.0 Å². The Morgan fingerprint density at radius 1 is 1.06 bits per heavy atom. The van der Waals surface area contributed by atoms with Crippen molar-refractivity contribution >= 4 is 26.5 Å². The summed E-state index contributed by atoms with van der Waals surface area (Å²) in [6.45, 7) is 0.317. The highest BCUT2D eigenvalue weighted by Gasteiger charge is 2.01. The van der Waals surface area contributed by atoms with Crippen LogP contribution in [0.25, 0.3) is 10.8 Å². The lowest BCUT2D eigenvalue weighted by molar-refractivity contribution is 0.598. The minimum atomic E-state index is -3.40. The van der Waals surface area contributed by atoms with Gasteiger partial charge in [-0.1, -0.05) is 30.3 Å². The summed E-state index contributed by atoms with van der Waals surface area (Å²) in [4.78, 5) is 0. The van der Waals surface area contributed by atoms with Gasteiger partial charge in [-0.3, -0.25) is 0 Å². The van der Waals surface area contributed by atoms with Gasteiger partial charge < -0.3 is 5.32 Å². The number of hydrogen-bond acceptors (Lipinski definition) is 3. The van der Waals surface area contributed by atoms with Crippen molar-refractivity contribution < 1.29 is 8.42 Å². The van der Waals surface area contributed by atoms with Gasteiger partial charge in [0, 0.05) is 12.2 Å². The summed E-state index contributed by atoms with van der Waals surface area (Å²) in [5, 5.41) is 10.2. The van der Waals surface area contributed by atoms with Crippen LogP contribution < -0.4 is 10.5 Å². The zero-order valence-electron chi connectivity index (χ0n) is 9.26. The van der Waals surface area contributed by atoms with E-state index in [1.807, 2.05) is 42.5 Å². The van der Waals surface area contributed by atoms with E-state index in [4.69, 9.17) is 5.14 Å². The summed E-state index contributed by atoms with van der Waals surface area (Å²) in [5.74, 6) is -0.0696. The highest BCUT2D eigenvalue weighted by Crippen LogP contribution is 2.18. The van der Waals surface area contributed by atoms with Crippen molar-refractivity contribution in [1.82, 2.24) is 0 Å². The van der Waals surface area contributed by atoms with E-state index in [0.29, 0.717) is 6.54 Å². The molecule has 3 N–H and O–H groups in total. The fraction of sp³-hybridized carbons (Fsp3) is 0.167. The van der Waals surface area contributed by atoms with Crippen molar-refractivity contribution in [1.29, 1.82) is 0 Å². The average molecular weight is 250 g/mol. The van der Waals surface area contributed by atoms with E-state index in [2.05, 4.69) is 5.32 Å². The van der Waals surface area contributed by atoms with Crippen LogP contribution in [0.15, 0.2) is 42.5 Å². The van der Waals surface area contributed by atoms with Gasteiger partial charge in [-0.05, 0) is 22.9 Å². The number of rotatable bonds is 4. The van der Waals surface area contributed by atoms with Gasteiger partial charge >= 0.3 is 0 Å². The predicted molar refractivity (Wildman–Crippen MR) is 70.4 cm³/mol. The van der Waals surface area contributed by atoms with Crippen LogP contribution in [0.2, 0.25) is 0 Å². The number of sulfonamides is 1. The summed E-state index contributed by atoms with van der Waals surface area (Å²) in [5.41, 5.74) is 0.896. The molecular formula is C12H14N2O2S. The van der Waals surface area contributed by atoms with E-state index >= 15 is 0 Å². The van der Waals surface area contributed by atoms with Crippen molar-refractivity contribution in [3.8, 4) is 0 Å². The van der Waals surface area contributed by atoms with Crippen molar-refractivity contribution in [2.45, 2.75) is 0 Å². The van der Waals surface area contributed by atoms with Crippen LogP contribution in [0, 0.1) is 0 Å². The van der Waals surface area contributed by atoms with Gasteiger partial charge in [0.15, 0.2) is 0 Å². The number of hydrogen-bond donors (Lipinski definition) is 2. The first-order chi connectivity index (χ1) is 8.04. The van der Waals surface area contributed by atoms with Crippen LogP contribution in [0.4, 0.5) is 5.69 Å². The molecule has 17 heavy (non-hydrogen) atoms. The second kappa shape index (κ2) is 4.73. The van der Waals surface area contributed by atoms with Gasteiger partial charge in [-0.15, -0.1) is 0 Å². The first-order valence-electron chi connectivity index (χ1n) is 5.28. The molecule has 0 aliphatic carbocycles. The molecule has 0 radical (unpaired) electrons. The maximum atomic E-state index is 10.8. The molecule has 0 atom stereocenters. The second-order valence-electron chi connectivity index (χ2n) is 3.86. The molecule has 0 aromatic heterocycles. The zero-order valence-corrected chi connectivity index (χ0v) is 10.1. The summed E-state index contributed by atoms with van der Waals surface area (Å²) in [7, 11) is -3.40. The second-order valence-corrected chi connectivity index (χ2v) is 5.59. The molecular weight excluding hydrogens is 236 g/mol. The third kappa shape index (κ3) is 3.44. The molecule has 0 heterocycles. The number of nitrogens with two attached hydrogens (primary N) is 1. The molecule has 0 aliphatic heterocycles. The van der Waals surface area contributed by atoms with E-state index in [-0.39, 0.29) is 5.75 Å². The van der Waals surface area contributed by atoms with Crippen LogP contribution in [0.3, 0.4) is 0 Å². The highest BCUT2D eigenvalue weighted by atomic mass is 32.2. The lowest BCUT2D eigenvalue weighted by Gasteiger charge is -2.06. The number of benzene rings is 2. The van der Waals surface area contributed by atoms with Gasteiger partial charge in [0.1, 0.15) is 0 Å². The number of fused-ring (bicyclic) bond motifs is 1. The van der Waals surface area contributed by atoms with Crippen LogP contribution in [-0.4, -0.2) is 20.7 Å². The van der Waals surface area contributed by atoms with E-state index < -0.39 is 10.0 Å². The minimum Gasteiger partial charge on any atom is -0.384 e. The highest BCUT2D eigenvalue weighted by molar-refractivity contribution is 7.89. The third-order valence-corrected chi connectivity index (χ3v) is 3.24. The van der Waals surface area contributed by atoms with E-state index in [9.17, 15) is 8.42 Å². The van der Waals surface area contributed by atoms with Crippen LogP contribution in [0.5, 0.6) is 0 Å². The maximum Gasteiger partial charge on any atom is 0.210 e. The molecule has 0 amide bonds. The fourth-order valence-electron chi connectivity index (χ4n) is 1.64. The minimum absolute atomic E-state index is 0.0696. The average Bonchev–Trinajstić information content (AvgIpc) is 2.27. The Hall–Kier alpha value is -1.59. The van der Waals surface area contributed by atoms with Crippen molar-refractivity contribution in [2.75, 3.05) is 17.6 Å². The predicted octanol–water partition coefficient (Wildman–Crippen LogP) is 1.54. The SMILES string of the molecule is NS(=O)(=O)CCNc1ccc2ccccc2c1. The zero-order chi connectivity index (χ0) is 12.3. The molecule has 0 bridgehead atoms. The van der Waals surface area contributed by atoms with Gasteiger partial charge in [0.2, 0.25) is 10.0 Å². The molecule has 0 fully saturated rings. The van der Waals surface area contributed by atoms with E-state index in [1.165, 1.54) is 0 Å². The Balaban J connectivity index is 2.09. The number of nitrogens with one attached hydrogen (secondary N) is 1. The first kappa shape index (κ1) is 11.9. The Kier molecular flexibility index (Phi) is 3.31. The lowest BCUT2D eigenvalue weighted by Crippen LogP contribution is -2.22. The van der Waals surface area contributed by atoms with Crippen molar-refractivity contribution in [3.63, 3.8) is 0 Å². The quantitative estimate of drug-likeness (QED) is 0.864. The molecule has 2 aromatic carbocycles. The molecule has 0 spiro atoms. The Morgan fingerprint density at radius 3 is 2.47 bits per heavy atom. The maximum absolute atomic E-state index is 10.8. The summed E-state index contributed by atoms with van der Waals surface area (Å²) >= 11 is 0. The van der Waals surface area contributed by atoms with Gasteiger partial charge in [0.25, 0.3) is 0 Å². The smallest absolute Gasteiger partial charge is 0.210 e. The normalized spacial score (nSPS) is 11.6. The van der Waals surface area contributed by atoms with Gasteiger partial charge in [-0.25, -0.2) is 13.6 Å². The molecule has 0 saturated carbocycles. The summed E-state index contributed by atoms with van der Waals surface area (Å²) < 4.78 is 21.5. The molecule has 0 saturated heterocycles. The molecule has 0 aliphatic rings. The van der Waals surface area contributed by atoms with Gasteiger partial charge in [-0.2, -0.15) is 0 Å². The van der Waals surface area contributed by atoms with E-state index in [1.54, 1.807) is 0 Å². The lowest BCUT2D eigenvalue weighted by atomic mass is 10.1.